The highest BCUT2D eigenvalue weighted by molar-refractivity contribution is 7.98. The molecule has 23 heteroatoms. The zero-order chi connectivity index (χ0) is 50.5. The summed E-state index contributed by atoms with van der Waals surface area (Å²) < 4.78 is 17.4. The van der Waals surface area contributed by atoms with E-state index in [-0.39, 0.29) is 112 Å². The van der Waals surface area contributed by atoms with Crippen LogP contribution in [-0.2, 0) is 38.4 Å². The molecule has 1 aromatic carbocycles. The number of rotatable bonds is 37. The summed E-state index contributed by atoms with van der Waals surface area (Å²) in [7, 11) is 0. The second-order valence-corrected chi connectivity index (χ2v) is 17.3. The Morgan fingerprint density at radius 3 is 1.64 bits per heavy atom. The Morgan fingerprint density at radius 2 is 1.16 bits per heavy atom. The van der Waals surface area contributed by atoms with E-state index in [1.807, 2.05) is 13.2 Å². The third kappa shape index (κ3) is 24.2. The third-order valence-electron chi connectivity index (χ3n) is 10.1. The molecule has 0 aliphatic rings. The fraction of sp³-hybridized carbons (Fsp3) is 0.659. The lowest BCUT2D eigenvalue weighted by Gasteiger charge is -2.29. The number of benzene rings is 1. The minimum atomic E-state index is -1.20. The molecule has 1 aromatic rings. The minimum Gasteiger partial charge on any atom is -0.490 e. The van der Waals surface area contributed by atoms with Gasteiger partial charge in [0.25, 0.3) is 5.91 Å². The molecule has 0 aliphatic heterocycles. The molecule has 5 atom stereocenters. The van der Waals surface area contributed by atoms with Crippen LogP contribution in [0.4, 0.5) is 0 Å². The average Bonchev–Trinajstić information content (AvgIpc) is 3.27. The van der Waals surface area contributed by atoms with Gasteiger partial charge in [-0.05, 0) is 74.5 Å². The first-order valence-corrected chi connectivity index (χ1v) is 24.3. The average molecular weight is 988 g/mol. The highest BCUT2D eigenvalue weighted by Crippen LogP contribution is 2.39. The number of carbonyl (C=O) groups is 9. The van der Waals surface area contributed by atoms with E-state index in [2.05, 4.69) is 39.2 Å². The standard InChI is InChI=1S/C44H69N5O16S2/c1-6-27(4)38(43(60)47-29(44(61)62)17-22-67-5)49-42(59)37(26(2)3)48-41(58)30(25-66)46-33(50)13-8-7-9-18-45-40(57)28-23-31(63-19-10-14-34(51)52)39(65-21-12-16-36(55)56)32(24-28)64-20-11-15-35(53)54/h23-24,26-27,29-30,37-38,66H,6-22,25H2,1-5H3,(H,45,57)(H,46,50)(H,47,60)(H,48,58)(H,49,59)(H,51,52)(H,53,54)(H,55,56)(H,61,62)/t27-,29-,30-,37-,38-/m0/s1. The van der Waals surface area contributed by atoms with E-state index < -0.39 is 83.5 Å². The lowest BCUT2D eigenvalue weighted by atomic mass is 9.96. The van der Waals surface area contributed by atoms with Gasteiger partial charge in [0.1, 0.15) is 24.2 Å². The van der Waals surface area contributed by atoms with Crippen molar-refractivity contribution in [3.63, 3.8) is 0 Å². The maximum atomic E-state index is 13.5. The Hall–Kier alpha value is -5.45. The first kappa shape index (κ1) is 59.6. The van der Waals surface area contributed by atoms with Crippen LogP contribution in [0.5, 0.6) is 17.2 Å². The van der Waals surface area contributed by atoms with Crippen molar-refractivity contribution in [3.05, 3.63) is 17.7 Å². The van der Waals surface area contributed by atoms with Crippen LogP contribution in [0.15, 0.2) is 12.1 Å². The topological polar surface area (TPSA) is 322 Å². The molecule has 0 radical (unpaired) electrons. The summed E-state index contributed by atoms with van der Waals surface area (Å²) in [6, 6.07) is -1.70. The number of thiol groups is 1. The van der Waals surface area contributed by atoms with Crippen molar-refractivity contribution in [3.8, 4) is 17.2 Å². The van der Waals surface area contributed by atoms with Crippen molar-refractivity contribution in [2.24, 2.45) is 11.8 Å². The monoisotopic (exact) mass is 987 g/mol. The highest BCUT2D eigenvalue weighted by Gasteiger charge is 2.34. The molecule has 5 amide bonds. The normalized spacial score (nSPS) is 13.2. The van der Waals surface area contributed by atoms with Gasteiger partial charge in [0, 0.05) is 43.5 Å². The van der Waals surface area contributed by atoms with Gasteiger partial charge in [-0.25, -0.2) is 4.79 Å². The van der Waals surface area contributed by atoms with Gasteiger partial charge in [-0.1, -0.05) is 40.5 Å². The zero-order valence-corrected chi connectivity index (χ0v) is 40.6. The van der Waals surface area contributed by atoms with Gasteiger partial charge in [-0.2, -0.15) is 24.4 Å². The van der Waals surface area contributed by atoms with Crippen LogP contribution in [0.3, 0.4) is 0 Å². The number of hydrogen-bond acceptors (Lipinski definition) is 14. The Morgan fingerprint density at radius 1 is 0.642 bits per heavy atom. The van der Waals surface area contributed by atoms with E-state index in [0.29, 0.717) is 31.4 Å². The fourth-order valence-electron chi connectivity index (χ4n) is 6.11. The molecule has 9 N–H and O–H groups in total. The van der Waals surface area contributed by atoms with Crippen molar-refractivity contribution in [1.29, 1.82) is 0 Å². The number of nitrogens with one attached hydrogen (secondary N) is 5. The van der Waals surface area contributed by atoms with Crippen LogP contribution in [-0.4, -0.2) is 142 Å². The van der Waals surface area contributed by atoms with E-state index in [9.17, 15) is 48.3 Å². The molecule has 1 rings (SSSR count). The summed E-state index contributed by atoms with van der Waals surface area (Å²) in [5.74, 6) is -7.59. The predicted octanol–water partition coefficient (Wildman–Crippen LogP) is 3.12. The van der Waals surface area contributed by atoms with Crippen molar-refractivity contribution in [2.45, 2.75) is 129 Å². The van der Waals surface area contributed by atoms with Gasteiger partial charge in [-0.3, -0.25) is 38.4 Å². The summed E-state index contributed by atoms with van der Waals surface area (Å²) in [4.78, 5) is 111. The number of ether oxygens (including phenoxy) is 3. The molecule has 67 heavy (non-hydrogen) atoms. The first-order chi connectivity index (χ1) is 31.7. The number of unbranched alkanes of at least 4 members (excludes halogenated alkanes) is 2. The van der Waals surface area contributed by atoms with Crippen LogP contribution in [0.1, 0.15) is 115 Å². The van der Waals surface area contributed by atoms with Gasteiger partial charge in [0.2, 0.25) is 29.4 Å². The maximum absolute atomic E-state index is 13.5. The molecule has 0 saturated carbocycles. The highest BCUT2D eigenvalue weighted by atomic mass is 32.2. The van der Waals surface area contributed by atoms with Gasteiger partial charge < -0.3 is 61.2 Å². The van der Waals surface area contributed by atoms with E-state index in [0.717, 1.165) is 0 Å². The molecule has 0 spiro atoms. The number of aliphatic carboxylic acids is 4. The molecular weight excluding hydrogens is 919 g/mol. The number of thioether (sulfide) groups is 1. The van der Waals surface area contributed by atoms with Crippen LogP contribution in [0.25, 0.3) is 0 Å². The van der Waals surface area contributed by atoms with Crippen molar-refractivity contribution < 1.29 is 77.8 Å². The number of carboxylic acids is 4. The second-order valence-electron chi connectivity index (χ2n) is 16.0. The van der Waals surface area contributed by atoms with Gasteiger partial charge in [-0.15, -0.1) is 0 Å². The van der Waals surface area contributed by atoms with Gasteiger partial charge in [0.15, 0.2) is 11.5 Å². The summed E-state index contributed by atoms with van der Waals surface area (Å²) in [5.41, 5.74) is 0.0822. The summed E-state index contributed by atoms with van der Waals surface area (Å²) in [6.07, 6.45) is 3.65. The van der Waals surface area contributed by atoms with Crippen LogP contribution in [0, 0.1) is 11.8 Å². The van der Waals surface area contributed by atoms with Crippen molar-refractivity contribution in [1.82, 2.24) is 26.6 Å². The number of amides is 5. The lowest BCUT2D eigenvalue weighted by Crippen LogP contribution is -2.60. The van der Waals surface area contributed by atoms with E-state index >= 15 is 0 Å². The molecular formula is C44H69N5O16S2. The quantitative estimate of drug-likeness (QED) is 0.0338. The number of hydrogen-bond donors (Lipinski definition) is 10. The molecule has 0 saturated heterocycles. The Kier molecular flexibility index (Phi) is 29.4. The lowest BCUT2D eigenvalue weighted by molar-refractivity contribution is -0.143. The molecule has 0 bridgehead atoms. The molecule has 0 unspecified atom stereocenters. The fourth-order valence-corrected chi connectivity index (χ4v) is 6.84. The Bertz CT molecular complexity index is 1760. The second kappa shape index (κ2) is 33.1. The van der Waals surface area contributed by atoms with Gasteiger partial charge >= 0.3 is 23.9 Å². The van der Waals surface area contributed by atoms with Crippen LogP contribution in [0.2, 0.25) is 0 Å². The molecule has 0 aromatic heterocycles. The minimum absolute atomic E-state index is 0.0264. The molecule has 378 valence electrons. The predicted molar refractivity (Wildman–Crippen MR) is 251 cm³/mol. The summed E-state index contributed by atoms with van der Waals surface area (Å²) in [6.45, 7) is 6.95. The summed E-state index contributed by atoms with van der Waals surface area (Å²) >= 11 is 5.67. The zero-order valence-electron chi connectivity index (χ0n) is 38.9. The van der Waals surface area contributed by atoms with Crippen LogP contribution < -0.4 is 40.8 Å². The molecule has 21 nitrogen and oxygen atoms in total. The van der Waals surface area contributed by atoms with Crippen LogP contribution >= 0.6 is 24.4 Å². The maximum Gasteiger partial charge on any atom is 0.326 e. The SMILES string of the molecule is CC[C@H](C)[C@H](NC(=O)[C@@H](NC(=O)[C@H](CS)NC(=O)CCCCCNC(=O)c1cc(OCCCC(=O)O)c(OCCCC(=O)O)c(OCCCC(=O)O)c1)C(C)C)C(=O)N[C@@H](CCSC)C(=O)O. The van der Waals surface area contributed by atoms with Gasteiger partial charge in [0.05, 0.1) is 19.8 Å². The smallest absolute Gasteiger partial charge is 0.326 e. The third-order valence-corrected chi connectivity index (χ3v) is 11.1. The van der Waals surface area contributed by atoms with E-state index in [4.69, 9.17) is 29.5 Å². The number of carboxylic acid groups (broad SMARTS) is 4. The molecule has 0 aliphatic carbocycles. The summed E-state index contributed by atoms with van der Waals surface area (Å²) in [5, 5.41) is 50.0. The molecule has 0 fully saturated rings. The van der Waals surface area contributed by atoms with E-state index in [1.165, 1.54) is 23.9 Å². The van der Waals surface area contributed by atoms with E-state index in [1.54, 1.807) is 20.8 Å². The Labute approximate surface area is 400 Å². The first-order valence-electron chi connectivity index (χ1n) is 22.3. The number of carbonyl (C=O) groups excluding carboxylic acids is 5. The Balaban J connectivity index is 2.91. The van der Waals surface area contributed by atoms with Crippen molar-refractivity contribution >= 4 is 77.8 Å². The van der Waals surface area contributed by atoms with Crippen molar-refractivity contribution in [2.75, 3.05) is 44.1 Å². The largest absolute Gasteiger partial charge is 0.490 e. The molecule has 0 heterocycles.